The van der Waals surface area contributed by atoms with Gasteiger partial charge in [0.05, 0.1) is 42.9 Å². The molecule has 0 saturated carbocycles. The van der Waals surface area contributed by atoms with Gasteiger partial charge in [0.2, 0.25) is 0 Å². The molecule has 2 atom stereocenters. The number of ketones is 1. The molecule has 4 rings (SSSR count). The van der Waals surface area contributed by atoms with E-state index in [-0.39, 0.29) is 63.4 Å². The normalized spacial score (nSPS) is 11.6. The van der Waals surface area contributed by atoms with Crippen molar-refractivity contribution in [3.05, 3.63) is 80.0 Å². The summed E-state index contributed by atoms with van der Waals surface area (Å²) in [5.41, 5.74) is 5.79. The largest absolute Gasteiger partial charge is 0.397 e. The third-order valence-corrected chi connectivity index (χ3v) is 9.64. The van der Waals surface area contributed by atoms with Gasteiger partial charge in [-0.05, 0) is 138 Å². The molecular weight excluding hydrogens is 920 g/mol. The predicted octanol–water partition coefficient (Wildman–Crippen LogP) is 8.48. The fourth-order valence-corrected chi connectivity index (χ4v) is 4.83. The number of hydrogen-bond donors (Lipinski definition) is 5. The molecule has 4 aromatic rings. The summed E-state index contributed by atoms with van der Waals surface area (Å²) in [6.45, 7) is 26.3. The molecule has 0 radical (unpaired) electrons. The molecule has 0 aliphatic rings. The predicted molar refractivity (Wildman–Crippen MR) is 242 cm³/mol. The number of aromatic nitrogens is 2. The van der Waals surface area contributed by atoms with Crippen LogP contribution in [0.2, 0.25) is 0 Å². The second-order valence-corrected chi connectivity index (χ2v) is 18.8. The van der Waals surface area contributed by atoms with Gasteiger partial charge in [0.25, 0.3) is 0 Å². The van der Waals surface area contributed by atoms with Crippen LogP contribution < -0.4 is 5.14 Å². The number of hydrogen-bond acceptors (Lipinski definition) is 9. The maximum atomic E-state index is 12.2. The number of rotatable bonds is 3. The van der Waals surface area contributed by atoms with E-state index in [0.717, 1.165) is 47.6 Å². The SMILES string of the molecule is CC(=N[S@](=O)C(C)(C)C)c1nc2cc(Br)ccc2cc1C.CC(=O)c1nc2cc(Br)ccc2cc1C.CC(C)(C)[S@](N)=O.CCO.CCO.CCO.CCO.[Ti]. The van der Waals surface area contributed by atoms with E-state index >= 15 is 0 Å². The Bertz CT molecular complexity index is 1810. The van der Waals surface area contributed by atoms with Crippen LogP contribution in [0.4, 0.5) is 0 Å². The topological polar surface area (TPSA) is 196 Å². The summed E-state index contributed by atoms with van der Waals surface area (Å²) in [6.07, 6.45) is 0. The molecule has 16 heteroatoms. The summed E-state index contributed by atoms with van der Waals surface area (Å²) in [5, 5.41) is 37.5. The van der Waals surface area contributed by atoms with Crippen LogP contribution in [0, 0.1) is 13.8 Å². The number of halogens is 2. The Morgan fingerprint density at radius 1 is 0.679 bits per heavy atom. The summed E-state index contributed by atoms with van der Waals surface area (Å²) in [5.74, 6) is 0.00868. The van der Waals surface area contributed by atoms with Crippen LogP contribution in [0.15, 0.2) is 61.9 Å². The molecule has 2 aromatic heterocycles. The fraction of sp³-hybridized carbons (Fsp3) is 0.500. The molecule has 0 amide bonds. The van der Waals surface area contributed by atoms with Crippen molar-refractivity contribution in [3.63, 3.8) is 0 Å². The van der Waals surface area contributed by atoms with E-state index in [1.54, 1.807) is 34.6 Å². The molecule has 0 saturated heterocycles. The first-order chi connectivity index (χ1) is 25.4. The minimum Gasteiger partial charge on any atom is -0.397 e. The van der Waals surface area contributed by atoms with Gasteiger partial charge in [-0.25, -0.2) is 18.4 Å². The van der Waals surface area contributed by atoms with Crippen molar-refractivity contribution in [1.29, 1.82) is 0 Å². The minimum atomic E-state index is -1.28. The molecule has 2 heterocycles. The van der Waals surface area contributed by atoms with E-state index in [0.29, 0.717) is 11.4 Å². The number of aliphatic hydroxyl groups is 4. The molecule has 11 nitrogen and oxygen atoms in total. The number of aryl methyl sites for hydroxylation is 2. The smallest absolute Gasteiger partial charge is 0.178 e. The average molecular weight is 985 g/mol. The summed E-state index contributed by atoms with van der Waals surface area (Å²) in [4.78, 5) is 20.4. The molecule has 0 aliphatic heterocycles. The zero-order chi connectivity index (χ0) is 43.7. The van der Waals surface area contributed by atoms with Gasteiger partial charge in [0.1, 0.15) is 16.7 Å². The van der Waals surface area contributed by atoms with Crippen LogP contribution in [-0.4, -0.2) is 86.2 Å². The van der Waals surface area contributed by atoms with Gasteiger partial charge in [0.15, 0.2) is 5.78 Å². The first-order valence-corrected chi connectivity index (χ1v) is 21.5. The average Bonchev–Trinajstić information content (AvgIpc) is 3.05. The van der Waals surface area contributed by atoms with Crippen LogP contribution in [0.25, 0.3) is 21.8 Å². The van der Waals surface area contributed by atoms with Crippen molar-refractivity contribution in [3.8, 4) is 0 Å². The number of aliphatic hydroxyl groups excluding tert-OH is 4. The molecule has 0 aliphatic carbocycles. The molecule has 316 valence electrons. The second-order valence-electron chi connectivity index (χ2n) is 13.3. The van der Waals surface area contributed by atoms with Crippen LogP contribution in [-0.2, 0) is 43.7 Å². The number of Topliss-reactive ketones (excluding diaryl/α,β-unsaturated/α-hetero) is 1. The summed E-state index contributed by atoms with van der Waals surface area (Å²) < 4.78 is 28.2. The number of carbonyl (C=O) groups excluding carboxylic acids is 1. The van der Waals surface area contributed by atoms with Gasteiger partial charge in [-0.3, -0.25) is 9.93 Å². The van der Waals surface area contributed by atoms with Gasteiger partial charge >= 0.3 is 0 Å². The van der Waals surface area contributed by atoms with Crippen molar-refractivity contribution in [2.45, 2.75) is 106 Å². The molecule has 2 aromatic carbocycles. The minimum absolute atomic E-state index is 0. The molecule has 0 fully saturated rings. The number of nitrogens with two attached hydrogens (primary N) is 1. The Morgan fingerprint density at radius 3 is 1.27 bits per heavy atom. The van der Waals surface area contributed by atoms with E-state index in [2.05, 4.69) is 52.3 Å². The first-order valence-electron chi connectivity index (χ1n) is 17.6. The van der Waals surface area contributed by atoms with Crippen molar-refractivity contribution < 1.29 is 55.4 Å². The fourth-order valence-electron chi connectivity index (χ4n) is 3.52. The number of benzene rings is 2. The van der Waals surface area contributed by atoms with E-state index in [4.69, 9.17) is 25.6 Å². The summed E-state index contributed by atoms with van der Waals surface area (Å²) in [6, 6.07) is 16.0. The molecule has 0 spiro atoms. The Balaban J connectivity index is -0.000000336. The number of carbonyl (C=O) groups is 1. The standard InChI is InChI=1S/C16H19BrN2OS.C12H10BrNO.C4H11NOS.4C2H6O.Ti/c1-10-8-12-6-7-13(17)9-14(12)18-15(10)11(2)19-21(20)16(3,4)5;1-7-5-9-3-4-10(13)6-11(9)14-12(7)8(2)15;1-4(2,3)7(5)6;4*1-2-3;/h6-9H,1-5H3;3-6H,1-2H3;5H2,1-3H3;4*3H,2H2,1H3;/t21-;;7-;;;;;/m1.1...../s1. The molecular formula is C40H64Br2N4O7S2Ti. The van der Waals surface area contributed by atoms with Crippen molar-refractivity contribution >= 4 is 87.1 Å². The second kappa shape index (κ2) is 32.3. The maximum Gasteiger partial charge on any atom is 0.178 e. The Hall–Kier alpha value is -1.63. The summed E-state index contributed by atoms with van der Waals surface area (Å²) in [7, 11) is -2.46. The number of nitrogens with zero attached hydrogens (tertiary/aromatic N) is 3. The zero-order valence-electron chi connectivity index (χ0n) is 35.5. The van der Waals surface area contributed by atoms with Gasteiger partial charge in [0, 0.05) is 74.8 Å². The molecule has 0 unspecified atom stereocenters. The van der Waals surface area contributed by atoms with E-state index in [1.165, 1.54) is 0 Å². The van der Waals surface area contributed by atoms with Gasteiger partial charge in [-0.2, -0.15) is 4.40 Å². The first kappa shape index (κ1) is 61.0. The van der Waals surface area contributed by atoms with Gasteiger partial charge < -0.3 is 20.4 Å². The Labute approximate surface area is 372 Å². The van der Waals surface area contributed by atoms with E-state index in [1.807, 2.05) is 105 Å². The third kappa shape index (κ3) is 26.4. The molecule has 6 N–H and O–H groups in total. The van der Waals surface area contributed by atoms with Gasteiger partial charge in [-0.15, -0.1) is 0 Å². The van der Waals surface area contributed by atoms with Gasteiger partial charge in [-0.1, -0.05) is 44.0 Å². The number of pyridine rings is 2. The quantitative estimate of drug-likeness (QED) is 0.0760. The van der Waals surface area contributed by atoms with Crippen LogP contribution in [0.1, 0.15) is 110 Å². The Morgan fingerprint density at radius 2 is 0.982 bits per heavy atom. The summed E-state index contributed by atoms with van der Waals surface area (Å²) >= 11 is 6.85. The number of fused-ring (bicyclic) bond motifs is 2. The molecule has 0 bridgehead atoms. The van der Waals surface area contributed by atoms with E-state index < -0.39 is 22.0 Å². The van der Waals surface area contributed by atoms with Crippen molar-refractivity contribution in [1.82, 2.24) is 9.97 Å². The van der Waals surface area contributed by atoms with Crippen LogP contribution in [0.3, 0.4) is 0 Å². The Kier molecular flexibility index (Phi) is 35.2. The molecule has 56 heavy (non-hydrogen) atoms. The maximum absolute atomic E-state index is 12.2. The van der Waals surface area contributed by atoms with Crippen molar-refractivity contribution in [2.75, 3.05) is 26.4 Å². The monoisotopic (exact) mass is 982 g/mol. The third-order valence-electron chi connectivity index (χ3n) is 5.96. The van der Waals surface area contributed by atoms with Crippen LogP contribution in [0.5, 0.6) is 0 Å². The van der Waals surface area contributed by atoms with Crippen molar-refractivity contribution in [2.24, 2.45) is 9.54 Å². The van der Waals surface area contributed by atoms with E-state index in [9.17, 15) is 13.2 Å². The van der Waals surface area contributed by atoms with Crippen LogP contribution >= 0.6 is 31.9 Å². The zero-order valence-corrected chi connectivity index (χ0v) is 41.8.